The van der Waals surface area contributed by atoms with Crippen LogP contribution in [-0.4, -0.2) is 27.2 Å². The van der Waals surface area contributed by atoms with Crippen molar-refractivity contribution in [2.45, 2.75) is 64.5 Å². The summed E-state index contributed by atoms with van der Waals surface area (Å²) >= 11 is 1.45. The van der Waals surface area contributed by atoms with Gasteiger partial charge in [0.1, 0.15) is 16.5 Å². The monoisotopic (exact) mass is 360 g/mol. The van der Waals surface area contributed by atoms with Gasteiger partial charge in [-0.1, -0.05) is 25.2 Å². The van der Waals surface area contributed by atoms with Gasteiger partial charge in [0.25, 0.3) is 0 Å². The van der Waals surface area contributed by atoms with Gasteiger partial charge >= 0.3 is 6.03 Å². The first kappa shape index (κ1) is 16.6. The van der Waals surface area contributed by atoms with Gasteiger partial charge in [-0.25, -0.2) is 4.79 Å². The molecule has 2 heterocycles. The number of nitrogens with zero attached hydrogens (tertiary/aromatic N) is 3. The molecular weight excluding hydrogens is 336 g/mol. The van der Waals surface area contributed by atoms with Crippen LogP contribution in [0.2, 0.25) is 0 Å². The van der Waals surface area contributed by atoms with E-state index in [1.54, 1.807) is 0 Å². The second-order valence-corrected chi connectivity index (χ2v) is 8.23. The topological polar surface area (TPSA) is 71.3 Å². The van der Waals surface area contributed by atoms with Crippen molar-refractivity contribution >= 4 is 22.5 Å². The number of carbonyl (C=O) groups is 1. The molecule has 25 heavy (non-hydrogen) atoms. The van der Waals surface area contributed by atoms with E-state index in [1.165, 1.54) is 17.8 Å². The number of nitrogens with one attached hydrogen (secondary N) is 1. The lowest BCUT2D eigenvalue weighted by Gasteiger charge is -2.20. The minimum Gasteiger partial charge on any atom is -0.464 e. The summed E-state index contributed by atoms with van der Waals surface area (Å²) in [5, 5.41) is 12.6. The summed E-state index contributed by atoms with van der Waals surface area (Å²) < 4.78 is 5.98. The van der Waals surface area contributed by atoms with Crippen molar-refractivity contribution in [3.05, 3.63) is 28.7 Å². The van der Waals surface area contributed by atoms with Crippen molar-refractivity contribution in [2.24, 2.45) is 5.92 Å². The third-order valence-corrected chi connectivity index (χ3v) is 5.78. The van der Waals surface area contributed by atoms with Crippen molar-refractivity contribution in [1.82, 2.24) is 15.1 Å². The second-order valence-electron chi connectivity index (χ2n) is 7.16. The average molecular weight is 360 g/mol. The van der Waals surface area contributed by atoms with E-state index >= 15 is 0 Å². The van der Waals surface area contributed by atoms with E-state index in [4.69, 9.17) is 4.42 Å². The molecular formula is C18H24N4O2S. The average Bonchev–Trinajstić information content (AvgIpc) is 3.46. The van der Waals surface area contributed by atoms with Crippen LogP contribution in [0.25, 0.3) is 0 Å². The summed E-state index contributed by atoms with van der Waals surface area (Å²) in [5.41, 5.74) is 0. The quantitative estimate of drug-likeness (QED) is 0.794. The summed E-state index contributed by atoms with van der Waals surface area (Å²) in [7, 11) is 0. The van der Waals surface area contributed by atoms with Crippen LogP contribution in [0, 0.1) is 5.92 Å². The van der Waals surface area contributed by atoms with Crippen molar-refractivity contribution < 1.29 is 9.21 Å². The number of hydrogen-bond acceptors (Lipinski definition) is 5. The maximum Gasteiger partial charge on any atom is 0.324 e. The van der Waals surface area contributed by atoms with Gasteiger partial charge in [0.15, 0.2) is 0 Å². The predicted octanol–water partition coefficient (Wildman–Crippen LogP) is 4.40. The molecule has 134 valence electrons. The Morgan fingerprint density at radius 1 is 1.40 bits per heavy atom. The highest BCUT2D eigenvalue weighted by molar-refractivity contribution is 7.15. The number of hydrogen-bond donors (Lipinski definition) is 1. The molecule has 2 unspecified atom stereocenters. The molecule has 0 aromatic carbocycles. The van der Waals surface area contributed by atoms with Crippen LogP contribution >= 0.6 is 11.3 Å². The van der Waals surface area contributed by atoms with Crippen LogP contribution < -0.4 is 5.32 Å². The zero-order valence-electron chi connectivity index (χ0n) is 14.7. The second kappa shape index (κ2) is 6.78. The SMILES string of the molecule is CCCc1nnc(NC(=O)N(Cc2ccc(C3CC3C)o2)C2CC2)s1. The molecule has 2 fully saturated rings. The Morgan fingerprint density at radius 2 is 2.20 bits per heavy atom. The lowest BCUT2D eigenvalue weighted by molar-refractivity contribution is 0.200. The molecule has 0 aliphatic heterocycles. The van der Waals surface area contributed by atoms with E-state index < -0.39 is 0 Å². The Bertz CT molecular complexity index is 752. The fourth-order valence-corrected chi connectivity index (χ4v) is 3.93. The maximum absolute atomic E-state index is 12.7. The molecule has 4 rings (SSSR count). The van der Waals surface area contributed by atoms with Crippen LogP contribution in [0.3, 0.4) is 0 Å². The first-order valence-corrected chi connectivity index (χ1v) is 9.94. The van der Waals surface area contributed by atoms with Crippen molar-refractivity contribution in [1.29, 1.82) is 0 Å². The van der Waals surface area contributed by atoms with Gasteiger partial charge < -0.3 is 9.32 Å². The van der Waals surface area contributed by atoms with E-state index in [-0.39, 0.29) is 6.03 Å². The summed E-state index contributed by atoms with van der Waals surface area (Å²) in [6.07, 6.45) is 5.23. The van der Waals surface area contributed by atoms with E-state index in [0.29, 0.717) is 23.6 Å². The standard InChI is InChI=1S/C18H24N4O2S/c1-3-4-16-20-21-17(25-16)19-18(23)22(12-5-6-12)10-13-7-8-15(24-13)14-9-11(14)2/h7-8,11-12,14H,3-6,9-10H2,1-2H3,(H,19,21,23). The Morgan fingerprint density at radius 3 is 2.88 bits per heavy atom. The molecule has 1 N–H and O–H groups in total. The van der Waals surface area contributed by atoms with Gasteiger partial charge in [-0.05, 0) is 43.7 Å². The largest absolute Gasteiger partial charge is 0.464 e. The smallest absolute Gasteiger partial charge is 0.324 e. The maximum atomic E-state index is 12.7. The summed E-state index contributed by atoms with van der Waals surface area (Å²) in [5.74, 6) is 3.21. The molecule has 2 amide bonds. The number of anilines is 1. The molecule has 2 saturated carbocycles. The van der Waals surface area contributed by atoms with Gasteiger partial charge in [-0.15, -0.1) is 10.2 Å². The summed E-state index contributed by atoms with van der Waals surface area (Å²) in [4.78, 5) is 14.5. The zero-order chi connectivity index (χ0) is 17.4. The Balaban J connectivity index is 1.40. The molecule has 2 aliphatic rings. The minimum atomic E-state index is -0.112. The summed E-state index contributed by atoms with van der Waals surface area (Å²) in [6.45, 7) is 4.86. The highest BCUT2D eigenvalue weighted by atomic mass is 32.1. The predicted molar refractivity (Wildman–Crippen MR) is 96.7 cm³/mol. The molecule has 2 aromatic heterocycles. The molecule has 2 aliphatic carbocycles. The summed E-state index contributed by atoms with van der Waals surface area (Å²) in [6, 6.07) is 4.26. The van der Waals surface area contributed by atoms with E-state index in [2.05, 4.69) is 35.4 Å². The van der Waals surface area contributed by atoms with Crippen LogP contribution in [0.1, 0.15) is 62.0 Å². The number of rotatable bonds is 7. The molecule has 0 saturated heterocycles. The number of amides is 2. The number of aromatic nitrogens is 2. The van der Waals surface area contributed by atoms with Crippen LogP contribution in [-0.2, 0) is 13.0 Å². The van der Waals surface area contributed by atoms with Crippen LogP contribution in [0.4, 0.5) is 9.93 Å². The number of urea groups is 1. The molecule has 7 heteroatoms. The Hall–Kier alpha value is -1.89. The number of furan rings is 1. The van der Waals surface area contributed by atoms with Crippen molar-refractivity contribution in [2.75, 3.05) is 5.32 Å². The van der Waals surface area contributed by atoms with Crippen molar-refractivity contribution in [3.8, 4) is 0 Å². The van der Waals surface area contributed by atoms with Crippen LogP contribution in [0.15, 0.2) is 16.5 Å². The first-order chi connectivity index (χ1) is 12.1. The fraction of sp³-hybridized carbons (Fsp3) is 0.611. The molecule has 6 nitrogen and oxygen atoms in total. The Labute approximate surface area is 151 Å². The normalized spacial score (nSPS) is 22.0. The van der Waals surface area contributed by atoms with E-state index in [0.717, 1.165) is 48.1 Å². The van der Waals surface area contributed by atoms with Gasteiger partial charge in [-0.2, -0.15) is 0 Å². The highest BCUT2D eigenvalue weighted by Crippen LogP contribution is 2.47. The van der Waals surface area contributed by atoms with E-state index in [9.17, 15) is 4.79 Å². The molecule has 0 spiro atoms. The minimum absolute atomic E-state index is 0.112. The van der Waals surface area contributed by atoms with E-state index in [1.807, 2.05) is 11.0 Å². The third kappa shape index (κ3) is 3.86. The highest BCUT2D eigenvalue weighted by Gasteiger charge is 2.37. The van der Waals surface area contributed by atoms with Gasteiger partial charge in [0, 0.05) is 18.4 Å². The van der Waals surface area contributed by atoms with Crippen LogP contribution in [0.5, 0.6) is 0 Å². The van der Waals surface area contributed by atoms with Gasteiger partial charge in [-0.3, -0.25) is 5.32 Å². The lowest BCUT2D eigenvalue weighted by atomic mass is 10.3. The molecule has 2 atom stereocenters. The molecule has 2 aromatic rings. The Kier molecular flexibility index (Phi) is 4.50. The molecule has 0 radical (unpaired) electrons. The zero-order valence-corrected chi connectivity index (χ0v) is 15.5. The van der Waals surface area contributed by atoms with Gasteiger partial charge in [0.2, 0.25) is 5.13 Å². The first-order valence-electron chi connectivity index (χ1n) is 9.12. The fourth-order valence-electron chi connectivity index (χ4n) is 3.10. The van der Waals surface area contributed by atoms with Crippen molar-refractivity contribution in [3.63, 3.8) is 0 Å². The number of aryl methyl sites for hydroxylation is 1. The van der Waals surface area contributed by atoms with Gasteiger partial charge in [0.05, 0.1) is 6.54 Å². The molecule has 0 bridgehead atoms. The third-order valence-electron chi connectivity index (χ3n) is 4.88. The number of carbonyl (C=O) groups excluding carboxylic acids is 1. The lowest BCUT2D eigenvalue weighted by Crippen LogP contribution is -2.36.